The molecule has 0 spiro atoms. The summed E-state index contributed by atoms with van der Waals surface area (Å²) in [5, 5.41) is 0. The molecule has 3 unspecified atom stereocenters. The van der Waals surface area contributed by atoms with Crippen LogP contribution in [0.4, 0.5) is 0 Å². The van der Waals surface area contributed by atoms with Gasteiger partial charge in [0.15, 0.2) is 0 Å². The first-order valence-electron chi connectivity index (χ1n) is 31.9. The molecular formula is C66H126O11. The van der Waals surface area contributed by atoms with Crippen LogP contribution in [0, 0.1) is 47.3 Å². The summed E-state index contributed by atoms with van der Waals surface area (Å²) in [5.74, 6) is 6.39. The molecule has 1 rings (SSSR count). The van der Waals surface area contributed by atoms with Crippen LogP contribution in [-0.2, 0) is 58.7 Å². The van der Waals surface area contributed by atoms with E-state index in [-0.39, 0.29) is 6.10 Å². The quantitative estimate of drug-likeness (QED) is 0.0583. The third-order valence-corrected chi connectivity index (χ3v) is 14.9. The molecule has 0 saturated heterocycles. The third-order valence-electron chi connectivity index (χ3n) is 14.9. The fraction of sp³-hybridized carbons (Fsp3) is 0.909. The van der Waals surface area contributed by atoms with Crippen molar-refractivity contribution in [1.29, 1.82) is 0 Å². The predicted octanol–water partition coefficient (Wildman–Crippen LogP) is 15.7. The van der Waals surface area contributed by atoms with Crippen LogP contribution >= 0.6 is 0 Å². The van der Waals surface area contributed by atoms with Gasteiger partial charge in [-0.05, 0) is 65.7 Å². The van der Waals surface area contributed by atoms with Gasteiger partial charge >= 0.3 is 0 Å². The molecule has 7 atom stereocenters. The van der Waals surface area contributed by atoms with Crippen molar-refractivity contribution in [3.63, 3.8) is 0 Å². The topological polar surface area (TPSA) is 102 Å². The molecule has 1 aromatic carbocycles. The van der Waals surface area contributed by atoms with E-state index in [1.807, 2.05) is 18.2 Å². The lowest BCUT2D eigenvalue weighted by Gasteiger charge is -2.21. The molecule has 1 aromatic rings. The van der Waals surface area contributed by atoms with Gasteiger partial charge in [-0.15, -0.1) is 0 Å². The van der Waals surface area contributed by atoms with Gasteiger partial charge in [0.25, 0.3) is 0 Å². The van der Waals surface area contributed by atoms with Gasteiger partial charge in [0.05, 0.1) is 126 Å². The van der Waals surface area contributed by atoms with Crippen LogP contribution in [0.15, 0.2) is 30.3 Å². The number of rotatable bonds is 61. The summed E-state index contributed by atoms with van der Waals surface area (Å²) in [5.41, 5.74) is 1.16. The van der Waals surface area contributed by atoms with Gasteiger partial charge in [-0.3, -0.25) is 0 Å². The highest BCUT2D eigenvalue weighted by atomic mass is 16.6. The SMILES string of the molecule is CC(C)CCC[C@H](C)CCC[C@H](C)CCCC(C)CCOCC(COCCOCCOCCOCCOCCOCCOCCOCCOCc1ccccc1)OCCC(C)CCC[C@@H](C)CCC[C@@H](C)CCCC(C)C. The zero-order valence-electron chi connectivity index (χ0n) is 52.1. The Bertz CT molecular complexity index is 1310. The van der Waals surface area contributed by atoms with E-state index in [9.17, 15) is 0 Å². The largest absolute Gasteiger partial charge is 0.379 e. The van der Waals surface area contributed by atoms with Gasteiger partial charge in [-0.1, -0.05) is 215 Å². The second-order valence-electron chi connectivity index (χ2n) is 24.0. The summed E-state index contributed by atoms with van der Waals surface area (Å²) >= 11 is 0. The minimum Gasteiger partial charge on any atom is -0.379 e. The molecule has 0 fully saturated rings. The molecule has 0 saturated carbocycles. The highest BCUT2D eigenvalue weighted by Gasteiger charge is 2.14. The molecule has 0 radical (unpaired) electrons. The van der Waals surface area contributed by atoms with Crippen molar-refractivity contribution in [1.82, 2.24) is 0 Å². The summed E-state index contributed by atoms with van der Waals surface area (Å²) in [4.78, 5) is 0. The zero-order valence-corrected chi connectivity index (χ0v) is 52.1. The normalized spacial score (nSPS) is 14.9. The first-order chi connectivity index (χ1) is 37.4. The predicted molar refractivity (Wildman–Crippen MR) is 320 cm³/mol. The summed E-state index contributed by atoms with van der Waals surface area (Å²) in [6, 6.07) is 10.1. The Morgan fingerprint density at radius 2 is 0.519 bits per heavy atom. The van der Waals surface area contributed by atoms with E-state index < -0.39 is 0 Å². The fourth-order valence-corrected chi connectivity index (χ4v) is 9.59. The standard InChI is InChI=1S/C66H126O11/c1-57(2)20-14-22-59(5)24-16-26-61(7)28-18-30-63(9)34-36-74-55-66(77-37-35-64(10)31-19-29-62(8)27-17-25-60(6)23-15-21-58(3)4)56-76-53-51-73-49-47-71-45-43-69-41-39-67-38-40-68-42-44-70-46-48-72-50-52-75-54-65-32-12-11-13-33-65/h11-13,32-33,57-64,66H,14-31,34-56H2,1-10H3/t59-,60-,61-,62-,63?,64?,66?/m0/s1. The molecule has 11 heteroatoms. The van der Waals surface area contributed by atoms with E-state index in [4.69, 9.17) is 52.1 Å². The molecule has 77 heavy (non-hydrogen) atoms. The molecule has 0 N–H and O–H groups in total. The number of hydrogen-bond acceptors (Lipinski definition) is 11. The van der Waals surface area contributed by atoms with E-state index in [2.05, 4.69) is 81.4 Å². The Morgan fingerprint density at radius 3 is 0.844 bits per heavy atom. The van der Waals surface area contributed by atoms with Crippen molar-refractivity contribution in [2.45, 2.75) is 210 Å². The lowest BCUT2D eigenvalue weighted by molar-refractivity contribution is -0.0723. The second-order valence-corrected chi connectivity index (χ2v) is 24.0. The summed E-state index contributed by atoms with van der Waals surface area (Å²) in [7, 11) is 0. The Labute approximate surface area is 476 Å². The van der Waals surface area contributed by atoms with E-state index in [1.165, 1.54) is 116 Å². The lowest BCUT2D eigenvalue weighted by atomic mass is 9.91. The highest BCUT2D eigenvalue weighted by Crippen LogP contribution is 2.25. The Kier molecular flexibility index (Phi) is 53.0. The van der Waals surface area contributed by atoms with Gasteiger partial charge in [0.1, 0.15) is 6.10 Å². The van der Waals surface area contributed by atoms with Gasteiger partial charge in [-0.25, -0.2) is 0 Å². The van der Waals surface area contributed by atoms with E-state index in [0.717, 1.165) is 67.1 Å². The Hall–Kier alpha value is -1.22. The van der Waals surface area contributed by atoms with E-state index in [0.29, 0.717) is 137 Å². The van der Waals surface area contributed by atoms with Crippen molar-refractivity contribution in [3.8, 4) is 0 Å². The minimum atomic E-state index is -0.0736. The number of benzene rings is 1. The molecule has 0 bridgehead atoms. The lowest BCUT2D eigenvalue weighted by Crippen LogP contribution is -2.28. The van der Waals surface area contributed by atoms with Crippen molar-refractivity contribution < 1.29 is 52.1 Å². The molecule has 0 aliphatic heterocycles. The van der Waals surface area contributed by atoms with Crippen molar-refractivity contribution >= 4 is 0 Å². The summed E-state index contributed by atoms with van der Waals surface area (Å²) < 4.78 is 63.8. The molecular weight excluding hydrogens is 969 g/mol. The van der Waals surface area contributed by atoms with Crippen molar-refractivity contribution in [2.24, 2.45) is 47.3 Å². The smallest absolute Gasteiger partial charge is 0.104 e. The van der Waals surface area contributed by atoms with Crippen LogP contribution in [0.5, 0.6) is 0 Å². The van der Waals surface area contributed by atoms with Crippen LogP contribution in [0.25, 0.3) is 0 Å². The van der Waals surface area contributed by atoms with Gasteiger partial charge in [0.2, 0.25) is 0 Å². The molecule has 0 aliphatic carbocycles. The van der Waals surface area contributed by atoms with E-state index in [1.54, 1.807) is 0 Å². The van der Waals surface area contributed by atoms with Gasteiger partial charge in [-0.2, -0.15) is 0 Å². The molecule has 456 valence electrons. The van der Waals surface area contributed by atoms with Crippen LogP contribution in [0.1, 0.15) is 203 Å². The summed E-state index contributed by atoms with van der Waals surface area (Å²) in [6.07, 6.45) is 26.6. The van der Waals surface area contributed by atoms with E-state index >= 15 is 0 Å². The molecule has 11 nitrogen and oxygen atoms in total. The van der Waals surface area contributed by atoms with Crippen molar-refractivity contribution in [2.75, 3.05) is 132 Å². The molecule has 0 heterocycles. The Morgan fingerprint density at radius 1 is 0.260 bits per heavy atom. The maximum atomic E-state index is 6.45. The maximum absolute atomic E-state index is 6.45. The molecule has 0 aromatic heterocycles. The average molecular weight is 1100 g/mol. The second kappa shape index (κ2) is 55.3. The minimum absolute atomic E-state index is 0.0736. The monoisotopic (exact) mass is 1090 g/mol. The van der Waals surface area contributed by atoms with Crippen LogP contribution < -0.4 is 0 Å². The maximum Gasteiger partial charge on any atom is 0.104 e. The Balaban J connectivity index is 2.17. The van der Waals surface area contributed by atoms with Gasteiger partial charge < -0.3 is 52.1 Å². The first-order valence-corrected chi connectivity index (χ1v) is 31.9. The first kappa shape index (κ1) is 73.8. The molecule has 0 aliphatic rings. The fourth-order valence-electron chi connectivity index (χ4n) is 9.59. The number of hydrogen-bond donors (Lipinski definition) is 0. The average Bonchev–Trinajstić information content (AvgIpc) is 3.39. The number of ether oxygens (including phenoxy) is 11. The zero-order chi connectivity index (χ0) is 56.1. The summed E-state index contributed by atoms with van der Waals surface area (Å²) in [6.45, 7) is 35.6. The van der Waals surface area contributed by atoms with Gasteiger partial charge in [0, 0.05) is 13.2 Å². The van der Waals surface area contributed by atoms with Crippen molar-refractivity contribution in [3.05, 3.63) is 35.9 Å². The molecule has 0 amide bonds. The highest BCUT2D eigenvalue weighted by molar-refractivity contribution is 5.13. The van der Waals surface area contributed by atoms with Crippen LogP contribution in [0.2, 0.25) is 0 Å². The van der Waals surface area contributed by atoms with Crippen LogP contribution in [0.3, 0.4) is 0 Å². The van der Waals surface area contributed by atoms with Crippen LogP contribution in [-0.4, -0.2) is 138 Å². The third kappa shape index (κ3) is 53.8.